The zero-order chi connectivity index (χ0) is 31.1. The molecule has 0 spiro atoms. The third-order valence-corrected chi connectivity index (χ3v) is 6.71. The molecule has 10 heteroatoms. The van der Waals surface area contributed by atoms with E-state index in [-0.39, 0.29) is 42.2 Å². The summed E-state index contributed by atoms with van der Waals surface area (Å²) >= 11 is 0. The van der Waals surface area contributed by atoms with Gasteiger partial charge in [0.2, 0.25) is 11.9 Å². The van der Waals surface area contributed by atoms with Gasteiger partial charge in [0.15, 0.2) is 0 Å². The molecule has 2 atom stereocenters. The Bertz CT molecular complexity index is 1450. The fourth-order valence-corrected chi connectivity index (χ4v) is 4.93. The van der Waals surface area contributed by atoms with Crippen LogP contribution in [0.1, 0.15) is 72.4 Å². The third kappa shape index (κ3) is 8.18. The summed E-state index contributed by atoms with van der Waals surface area (Å²) in [6.45, 7) is 10.5. The van der Waals surface area contributed by atoms with Gasteiger partial charge in [-0.3, -0.25) is 14.4 Å². The van der Waals surface area contributed by atoms with Gasteiger partial charge in [-0.1, -0.05) is 19.9 Å². The number of aromatic nitrogens is 1. The van der Waals surface area contributed by atoms with Crippen LogP contribution < -0.4 is 10.6 Å². The number of pyridine rings is 1. The van der Waals surface area contributed by atoms with Crippen molar-refractivity contribution < 1.29 is 32.3 Å². The van der Waals surface area contributed by atoms with Gasteiger partial charge >= 0.3 is 5.97 Å². The van der Waals surface area contributed by atoms with E-state index in [0.29, 0.717) is 22.3 Å². The Morgan fingerprint density at radius 2 is 1.60 bits per heavy atom. The summed E-state index contributed by atoms with van der Waals surface area (Å²) in [5.41, 5.74) is 2.66. The molecule has 2 N–H and O–H groups in total. The smallest absolute Gasteiger partial charge is 0.308 e. The molecule has 224 valence electrons. The van der Waals surface area contributed by atoms with Crippen molar-refractivity contribution in [2.24, 2.45) is 5.92 Å². The molecule has 0 aliphatic heterocycles. The monoisotopic (exact) mass is 583 g/mol. The Kier molecular flexibility index (Phi) is 10.9. The van der Waals surface area contributed by atoms with Gasteiger partial charge in [-0.05, 0) is 104 Å². The number of carbonyl (C=O) groups excluding carboxylic acids is 3. The van der Waals surface area contributed by atoms with Gasteiger partial charge < -0.3 is 15.4 Å². The SMILES string of the molecule is CCOC(=O)C[C@H](NC(=O)[C@H](CC(C)C)NC(=O)c1cccc(F)n1)c1cc(-c2c(C)cc(F)cc2C)cc(C)c1F. The number of aryl methyl sites for hydroxylation is 3. The van der Waals surface area contributed by atoms with Crippen LogP contribution >= 0.6 is 0 Å². The van der Waals surface area contributed by atoms with Crippen molar-refractivity contribution in [3.05, 3.63) is 88.0 Å². The lowest BCUT2D eigenvalue weighted by molar-refractivity contribution is -0.143. The first-order valence-corrected chi connectivity index (χ1v) is 13.8. The Balaban J connectivity index is 2.03. The topological polar surface area (TPSA) is 97.4 Å². The number of hydrogen-bond donors (Lipinski definition) is 2. The van der Waals surface area contributed by atoms with Gasteiger partial charge in [-0.2, -0.15) is 4.39 Å². The number of halogens is 3. The average Bonchev–Trinajstić information content (AvgIpc) is 2.89. The highest BCUT2D eigenvalue weighted by atomic mass is 19.1. The summed E-state index contributed by atoms with van der Waals surface area (Å²) in [5, 5.41) is 5.32. The summed E-state index contributed by atoms with van der Waals surface area (Å²) in [7, 11) is 0. The minimum absolute atomic E-state index is 0.0379. The first kappa shape index (κ1) is 32.3. The molecule has 0 aliphatic carbocycles. The first-order valence-electron chi connectivity index (χ1n) is 13.8. The zero-order valence-electron chi connectivity index (χ0n) is 24.6. The second kappa shape index (κ2) is 14.1. The molecular formula is C32H36F3N3O4. The highest BCUT2D eigenvalue weighted by Crippen LogP contribution is 2.34. The lowest BCUT2D eigenvalue weighted by atomic mass is 9.90. The fourth-order valence-electron chi connectivity index (χ4n) is 4.93. The van der Waals surface area contributed by atoms with Crippen molar-refractivity contribution in [1.29, 1.82) is 0 Å². The quantitative estimate of drug-likeness (QED) is 0.212. The van der Waals surface area contributed by atoms with E-state index >= 15 is 4.39 Å². The van der Waals surface area contributed by atoms with Gasteiger partial charge in [-0.25, -0.2) is 13.8 Å². The van der Waals surface area contributed by atoms with Gasteiger partial charge in [-0.15, -0.1) is 0 Å². The summed E-state index contributed by atoms with van der Waals surface area (Å²) in [6, 6.07) is 7.40. The molecule has 2 aromatic carbocycles. The van der Waals surface area contributed by atoms with Crippen molar-refractivity contribution in [1.82, 2.24) is 15.6 Å². The van der Waals surface area contributed by atoms with Crippen molar-refractivity contribution in [2.45, 2.75) is 66.5 Å². The van der Waals surface area contributed by atoms with Crippen LogP contribution in [0, 0.1) is 44.3 Å². The summed E-state index contributed by atoms with van der Waals surface area (Å²) in [4.78, 5) is 42.6. The molecule has 0 unspecified atom stereocenters. The minimum atomic E-state index is -1.16. The maximum atomic E-state index is 15.7. The number of nitrogens with one attached hydrogen (secondary N) is 2. The second-order valence-electron chi connectivity index (χ2n) is 10.7. The number of ether oxygens (including phenoxy) is 1. The number of hydrogen-bond acceptors (Lipinski definition) is 5. The molecule has 42 heavy (non-hydrogen) atoms. The number of esters is 1. The molecule has 1 heterocycles. The molecule has 3 rings (SSSR count). The normalized spacial score (nSPS) is 12.5. The molecule has 0 radical (unpaired) electrons. The van der Waals surface area contributed by atoms with Crippen LogP contribution in [0.4, 0.5) is 13.2 Å². The molecule has 0 saturated carbocycles. The Morgan fingerprint density at radius 3 is 2.19 bits per heavy atom. The molecular weight excluding hydrogens is 547 g/mol. The van der Waals surface area contributed by atoms with Gasteiger partial charge in [0.05, 0.1) is 19.1 Å². The lowest BCUT2D eigenvalue weighted by Gasteiger charge is -2.25. The van der Waals surface area contributed by atoms with E-state index in [1.54, 1.807) is 33.8 Å². The maximum Gasteiger partial charge on any atom is 0.308 e. The minimum Gasteiger partial charge on any atom is -0.466 e. The average molecular weight is 584 g/mol. The molecule has 0 aliphatic rings. The van der Waals surface area contributed by atoms with Crippen LogP contribution in [0.3, 0.4) is 0 Å². The molecule has 1 aromatic heterocycles. The number of nitrogens with zero attached hydrogens (tertiary/aromatic N) is 1. The number of carbonyl (C=O) groups is 3. The second-order valence-corrected chi connectivity index (χ2v) is 10.7. The fraction of sp³-hybridized carbons (Fsp3) is 0.375. The van der Waals surface area contributed by atoms with Crippen molar-refractivity contribution >= 4 is 17.8 Å². The zero-order valence-corrected chi connectivity index (χ0v) is 24.6. The molecule has 7 nitrogen and oxygen atoms in total. The highest BCUT2D eigenvalue weighted by Gasteiger charge is 2.29. The molecule has 0 fully saturated rings. The third-order valence-electron chi connectivity index (χ3n) is 6.71. The largest absolute Gasteiger partial charge is 0.466 e. The van der Waals surface area contributed by atoms with E-state index in [9.17, 15) is 23.2 Å². The van der Waals surface area contributed by atoms with E-state index < -0.39 is 47.4 Å². The van der Waals surface area contributed by atoms with E-state index in [0.717, 1.165) is 6.07 Å². The Hall–Kier alpha value is -4.21. The Labute approximate surface area is 243 Å². The van der Waals surface area contributed by atoms with Crippen LogP contribution in [-0.2, 0) is 14.3 Å². The van der Waals surface area contributed by atoms with Crippen LogP contribution in [0.25, 0.3) is 11.1 Å². The van der Waals surface area contributed by atoms with Crippen molar-refractivity contribution in [3.63, 3.8) is 0 Å². The van der Waals surface area contributed by atoms with Crippen LogP contribution in [0.5, 0.6) is 0 Å². The molecule has 3 aromatic rings. The standard InChI is InChI=1S/C32H36F3N3O4/c1-7-42-28(39)16-25(23-15-21(12-20(6)30(23)35)29-18(4)13-22(33)14-19(29)5)37-32(41)26(11-17(2)3)38-31(40)24-9-8-10-27(34)36-24/h8-10,12-15,17,25-26H,7,11,16H2,1-6H3,(H,37,41)(H,38,40)/t25-,26-/m0/s1. The number of rotatable bonds is 11. The van der Waals surface area contributed by atoms with Crippen LogP contribution in [0.2, 0.25) is 0 Å². The van der Waals surface area contributed by atoms with E-state index in [2.05, 4.69) is 15.6 Å². The predicted octanol–water partition coefficient (Wildman–Crippen LogP) is 6.05. The highest BCUT2D eigenvalue weighted by molar-refractivity contribution is 5.96. The number of amides is 2. The van der Waals surface area contributed by atoms with Gasteiger partial charge in [0.25, 0.3) is 5.91 Å². The van der Waals surface area contributed by atoms with E-state index in [1.807, 2.05) is 13.8 Å². The van der Waals surface area contributed by atoms with Crippen LogP contribution in [-0.4, -0.2) is 35.4 Å². The van der Waals surface area contributed by atoms with Crippen LogP contribution in [0.15, 0.2) is 42.5 Å². The van der Waals surface area contributed by atoms with Crippen molar-refractivity contribution in [2.75, 3.05) is 6.61 Å². The predicted molar refractivity (Wildman–Crippen MR) is 153 cm³/mol. The maximum absolute atomic E-state index is 15.7. The van der Waals surface area contributed by atoms with E-state index in [4.69, 9.17) is 4.74 Å². The van der Waals surface area contributed by atoms with Gasteiger partial charge in [0.1, 0.15) is 23.4 Å². The number of benzene rings is 2. The summed E-state index contributed by atoms with van der Waals surface area (Å²) < 4.78 is 48.4. The lowest BCUT2D eigenvalue weighted by Crippen LogP contribution is -2.48. The molecule has 0 saturated heterocycles. The molecule has 2 amide bonds. The van der Waals surface area contributed by atoms with Crippen molar-refractivity contribution in [3.8, 4) is 11.1 Å². The Morgan fingerprint density at radius 1 is 0.929 bits per heavy atom. The first-order chi connectivity index (χ1) is 19.8. The summed E-state index contributed by atoms with van der Waals surface area (Å²) in [6.07, 6.45) is -0.177. The summed E-state index contributed by atoms with van der Waals surface area (Å²) in [5.74, 6) is -4.00. The molecule has 0 bridgehead atoms. The van der Waals surface area contributed by atoms with E-state index in [1.165, 1.54) is 30.3 Å². The van der Waals surface area contributed by atoms with Gasteiger partial charge in [0, 0.05) is 5.56 Å².